The molecule has 1 aliphatic heterocycles. The Kier molecular flexibility index (Phi) is 5.32. The first-order valence-corrected chi connectivity index (χ1v) is 10.2. The number of aromatic nitrogens is 3. The van der Waals surface area contributed by atoms with Crippen LogP contribution in [0.4, 0.5) is 10.1 Å². The zero-order valence-corrected chi connectivity index (χ0v) is 17.7. The number of nitrogens with zero attached hydrogens (tertiary/aromatic N) is 4. The highest BCUT2D eigenvalue weighted by Crippen LogP contribution is 2.37. The van der Waals surface area contributed by atoms with Crippen molar-refractivity contribution in [2.24, 2.45) is 0 Å². The molecule has 0 atom stereocenters. The lowest BCUT2D eigenvalue weighted by atomic mass is 10.1. The molecule has 0 unspecified atom stereocenters. The quantitative estimate of drug-likeness (QED) is 0.456. The van der Waals surface area contributed by atoms with E-state index in [0.29, 0.717) is 53.0 Å². The van der Waals surface area contributed by atoms with E-state index >= 15 is 0 Å². The fourth-order valence-electron chi connectivity index (χ4n) is 3.74. The normalized spacial score (nSPS) is 14.0. The molecule has 0 radical (unpaired) electrons. The van der Waals surface area contributed by atoms with Gasteiger partial charge in [0.15, 0.2) is 0 Å². The number of hydrogen-bond donors (Lipinski definition) is 0. The summed E-state index contributed by atoms with van der Waals surface area (Å²) in [4.78, 5) is 2.24. The van der Waals surface area contributed by atoms with E-state index in [4.69, 9.17) is 18.4 Å². The second-order valence-electron chi connectivity index (χ2n) is 7.37. The van der Waals surface area contributed by atoms with Gasteiger partial charge in [0.1, 0.15) is 28.6 Å². The van der Waals surface area contributed by atoms with Crippen molar-refractivity contribution >= 4 is 5.69 Å². The van der Waals surface area contributed by atoms with E-state index in [9.17, 15) is 4.39 Å². The first kappa shape index (κ1) is 20.2. The van der Waals surface area contributed by atoms with Gasteiger partial charge in [0, 0.05) is 30.4 Å². The van der Waals surface area contributed by atoms with Crippen LogP contribution in [0.2, 0.25) is 0 Å². The van der Waals surface area contributed by atoms with Gasteiger partial charge in [0.05, 0.1) is 25.9 Å². The maximum absolute atomic E-state index is 13.3. The Balaban J connectivity index is 1.49. The molecule has 9 heteroatoms. The molecule has 4 aromatic rings. The lowest BCUT2D eigenvalue weighted by Gasteiger charge is -2.29. The van der Waals surface area contributed by atoms with Gasteiger partial charge in [-0.15, -0.1) is 10.2 Å². The maximum atomic E-state index is 13.3. The van der Waals surface area contributed by atoms with Gasteiger partial charge in [-0.25, -0.2) is 4.39 Å². The smallest absolute Gasteiger partial charge is 0.254 e. The van der Waals surface area contributed by atoms with Crippen molar-refractivity contribution in [2.45, 2.75) is 6.92 Å². The van der Waals surface area contributed by atoms with E-state index in [1.165, 1.54) is 12.1 Å². The van der Waals surface area contributed by atoms with Crippen LogP contribution in [0, 0.1) is 12.7 Å². The van der Waals surface area contributed by atoms with Gasteiger partial charge < -0.3 is 23.3 Å². The van der Waals surface area contributed by atoms with Gasteiger partial charge in [0.2, 0.25) is 0 Å². The lowest BCUT2D eigenvalue weighted by Crippen LogP contribution is -2.36. The van der Waals surface area contributed by atoms with Crippen LogP contribution in [0.5, 0.6) is 5.75 Å². The highest BCUT2D eigenvalue weighted by molar-refractivity contribution is 5.78. The number of anilines is 1. The zero-order valence-electron chi connectivity index (χ0n) is 17.7. The Morgan fingerprint density at radius 3 is 2.50 bits per heavy atom. The van der Waals surface area contributed by atoms with Crippen molar-refractivity contribution in [1.29, 1.82) is 0 Å². The minimum absolute atomic E-state index is 0.261. The Hall–Kier alpha value is -3.72. The predicted octanol–water partition coefficient (Wildman–Crippen LogP) is 4.35. The SMILES string of the molecule is COc1cc(N2CCOCC2)ccc1-c1nnc(-c2c(-c3ccc(F)cc3)noc2C)o1. The van der Waals surface area contributed by atoms with Gasteiger partial charge in [-0.3, -0.25) is 0 Å². The summed E-state index contributed by atoms with van der Waals surface area (Å²) in [6.45, 7) is 4.81. The zero-order chi connectivity index (χ0) is 22.1. The van der Waals surface area contributed by atoms with Crippen LogP contribution in [-0.2, 0) is 4.74 Å². The molecule has 0 amide bonds. The van der Waals surface area contributed by atoms with Crippen LogP contribution in [0.1, 0.15) is 5.76 Å². The molecule has 0 aliphatic carbocycles. The molecule has 2 aromatic heterocycles. The number of benzene rings is 2. The van der Waals surface area contributed by atoms with Crippen molar-refractivity contribution < 1.29 is 22.8 Å². The molecule has 32 heavy (non-hydrogen) atoms. The molecular formula is C23H21FN4O4. The van der Waals surface area contributed by atoms with Crippen molar-refractivity contribution in [3.63, 3.8) is 0 Å². The van der Waals surface area contributed by atoms with Crippen LogP contribution in [0.3, 0.4) is 0 Å². The molecule has 0 N–H and O–H groups in total. The molecule has 3 heterocycles. The summed E-state index contributed by atoms with van der Waals surface area (Å²) in [5.74, 6) is 1.40. The highest BCUT2D eigenvalue weighted by atomic mass is 19.1. The minimum Gasteiger partial charge on any atom is -0.496 e. The van der Waals surface area contributed by atoms with Crippen LogP contribution in [-0.4, -0.2) is 48.8 Å². The summed E-state index contributed by atoms with van der Waals surface area (Å²) in [6, 6.07) is 11.8. The fraction of sp³-hybridized carbons (Fsp3) is 0.261. The molecule has 0 saturated carbocycles. The molecule has 0 spiro atoms. The molecular weight excluding hydrogens is 415 g/mol. The van der Waals surface area contributed by atoms with Crippen molar-refractivity contribution in [1.82, 2.24) is 15.4 Å². The van der Waals surface area contributed by atoms with Crippen molar-refractivity contribution in [3.05, 3.63) is 54.0 Å². The number of aryl methyl sites for hydroxylation is 1. The van der Waals surface area contributed by atoms with Gasteiger partial charge in [-0.2, -0.15) is 0 Å². The topological polar surface area (TPSA) is 86.7 Å². The van der Waals surface area contributed by atoms with Gasteiger partial charge in [0.25, 0.3) is 11.8 Å². The first-order chi connectivity index (χ1) is 15.6. The minimum atomic E-state index is -0.330. The molecule has 164 valence electrons. The Morgan fingerprint density at radius 2 is 1.75 bits per heavy atom. The maximum Gasteiger partial charge on any atom is 0.254 e. The molecule has 0 bridgehead atoms. The Morgan fingerprint density at radius 1 is 1.00 bits per heavy atom. The summed E-state index contributed by atoms with van der Waals surface area (Å²) < 4.78 is 35.7. The standard InChI is InChI=1S/C23H21FN4O4/c1-14-20(21(27-32-14)15-3-5-16(24)6-4-15)23-26-25-22(31-23)18-8-7-17(13-19(18)29-2)28-9-11-30-12-10-28/h3-8,13H,9-12H2,1-2H3. The molecule has 8 nitrogen and oxygen atoms in total. The number of halogens is 1. The molecule has 1 aliphatic rings. The van der Waals surface area contributed by atoms with Crippen molar-refractivity contribution in [3.8, 4) is 39.9 Å². The monoisotopic (exact) mass is 436 g/mol. The number of morpholine rings is 1. The average Bonchev–Trinajstić information content (AvgIpc) is 3.46. The van der Waals surface area contributed by atoms with Crippen LogP contribution >= 0.6 is 0 Å². The second-order valence-corrected chi connectivity index (χ2v) is 7.37. The molecule has 2 aromatic carbocycles. The van der Waals surface area contributed by atoms with Crippen LogP contribution in [0.25, 0.3) is 34.2 Å². The summed E-state index contributed by atoms with van der Waals surface area (Å²) >= 11 is 0. The Bertz CT molecular complexity index is 1230. The summed E-state index contributed by atoms with van der Waals surface area (Å²) in [6.07, 6.45) is 0. The summed E-state index contributed by atoms with van der Waals surface area (Å²) in [7, 11) is 1.61. The van der Waals surface area contributed by atoms with E-state index < -0.39 is 0 Å². The van der Waals surface area contributed by atoms with Gasteiger partial charge in [-0.1, -0.05) is 5.16 Å². The Labute approximate surface area is 183 Å². The molecule has 1 fully saturated rings. The van der Waals surface area contributed by atoms with E-state index in [1.54, 1.807) is 26.2 Å². The predicted molar refractivity (Wildman–Crippen MR) is 115 cm³/mol. The summed E-state index contributed by atoms with van der Waals surface area (Å²) in [5, 5.41) is 12.5. The lowest BCUT2D eigenvalue weighted by molar-refractivity contribution is 0.122. The van der Waals surface area contributed by atoms with Gasteiger partial charge >= 0.3 is 0 Å². The van der Waals surface area contributed by atoms with E-state index in [2.05, 4.69) is 20.3 Å². The molecule has 5 rings (SSSR count). The first-order valence-electron chi connectivity index (χ1n) is 10.2. The van der Waals surface area contributed by atoms with E-state index in [1.807, 2.05) is 18.2 Å². The number of hydrogen-bond acceptors (Lipinski definition) is 8. The third-order valence-electron chi connectivity index (χ3n) is 5.41. The number of rotatable bonds is 5. The van der Waals surface area contributed by atoms with Gasteiger partial charge in [-0.05, 0) is 43.3 Å². The number of ether oxygens (including phenoxy) is 2. The second kappa shape index (κ2) is 8.43. The third kappa shape index (κ3) is 3.71. The van der Waals surface area contributed by atoms with E-state index in [0.717, 1.165) is 18.8 Å². The number of methoxy groups -OCH3 is 1. The molecule has 1 saturated heterocycles. The van der Waals surface area contributed by atoms with Crippen LogP contribution < -0.4 is 9.64 Å². The van der Waals surface area contributed by atoms with Crippen LogP contribution in [0.15, 0.2) is 51.4 Å². The largest absolute Gasteiger partial charge is 0.496 e. The van der Waals surface area contributed by atoms with Crippen molar-refractivity contribution in [2.75, 3.05) is 38.3 Å². The highest BCUT2D eigenvalue weighted by Gasteiger charge is 2.24. The fourth-order valence-corrected chi connectivity index (χ4v) is 3.74. The third-order valence-corrected chi connectivity index (χ3v) is 5.41. The summed E-state index contributed by atoms with van der Waals surface area (Å²) in [5.41, 5.74) is 3.49. The average molecular weight is 436 g/mol. The van der Waals surface area contributed by atoms with E-state index in [-0.39, 0.29) is 11.7 Å².